The van der Waals surface area contributed by atoms with E-state index in [-0.39, 0.29) is 0 Å². The van der Waals surface area contributed by atoms with Gasteiger partial charge in [-0.1, -0.05) is 95.0 Å². The minimum atomic E-state index is -4.25. The first-order valence-electron chi connectivity index (χ1n) is 9.18. The van der Waals surface area contributed by atoms with Gasteiger partial charge < -0.3 is 4.74 Å². The van der Waals surface area contributed by atoms with Crippen molar-refractivity contribution in [1.82, 2.24) is 0 Å². The molecule has 0 fully saturated rings. The van der Waals surface area contributed by atoms with Gasteiger partial charge in [0, 0.05) is 6.61 Å². The van der Waals surface area contributed by atoms with E-state index in [1.807, 2.05) is 0 Å². The number of benzene rings is 1. The van der Waals surface area contributed by atoms with Crippen molar-refractivity contribution in [2.75, 3.05) is 6.61 Å². The van der Waals surface area contributed by atoms with Crippen LogP contribution in [0, 0.1) is 0 Å². The fraction of sp³-hybridized carbons (Fsp3) is 0.684. The number of unbranched alkanes of at least 4 members (excludes halogenated alkanes) is 9. The van der Waals surface area contributed by atoms with E-state index in [1.54, 1.807) is 30.3 Å². The monoisotopic (exact) mass is 356 g/mol. The SMILES string of the molecule is CCCCCCCCCCCCOC(c1ccccc1)S(=O)(=O)O. The lowest BCUT2D eigenvalue weighted by molar-refractivity contribution is 0.0955. The molecule has 0 spiro atoms. The van der Waals surface area contributed by atoms with Crippen LogP contribution in [0.4, 0.5) is 0 Å². The van der Waals surface area contributed by atoms with Crippen LogP contribution in [0.25, 0.3) is 0 Å². The van der Waals surface area contributed by atoms with Gasteiger partial charge in [0.2, 0.25) is 5.44 Å². The minimum absolute atomic E-state index is 0.343. The van der Waals surface area contributed by atoms with Crippen LogP contribution >= 0.6 is 0 Å². The van der Waals surface area contributed by atoms with Crippen LogP contribution in [0.2, 0.25) is 0 Å². The molecule has 24 heavy (non-hydrogen) atoms. The Bertz CT molecular complexity index is 513. The number of hydrogen-bond acceptors (Lipinski definition) is 3. The maximum atomic E-state index is 11.5. The van der Waals surface area contributed by atoms with Crippen LogP contribution in [0.5, 0.6) is 0 Å². The van der Waals surface area contributed by atoms with E-state index in [2.05, 4.69) is 6.92 Å². The van der Waals surface area contributed by atoms with Crippen LogP contribution < -0.4 is 0 Å². The Labute approximate surface area is 147 Å². The van der Waals surface area contributed by atoms with Crippen LogP contribution in [0.3, 0.4) is 0 Å². The first-order chi connectivity index (χ1) is 11.6. The molecule has 0 heterocycles. The first-order valence-corrected chi connectivity index (χ1v) is 10.7. The summed E-state index contributed by atoms with van der Waals surface area (Å²) in [5.74, 6) is 0. The second-order valence-electron chi connectivity index (χ2n) is 6.31. The molecule has 4 nitrogen and oxygen atoms in total. The number of hydrogen-bond donors (Lipinski definition) is 1. The second kappa shape index (κ2) is 12.5. The van der Waals surface area contributed by atoms with Gasteiger partial charge in [0.15, 0.2) is 0 Å². The zero-order valence-corrected chi connectivity index (χ0v) is 15.6. The van der Waals surface area contributed by atoms with Gasteiger partial charge in [0.05, 0.1) is 0 Å². The molecule has 0 amide bonds. The molecule has 0 saturated carbocycles. The Morgan fingerprint density at radius 3 is 1.88 bits per heavy atom. The molecule has 0 aliphatic carbocycles. The summed E-state index contributed by atoms with van der Waals surface area (Å²) in [7, 11) is -4.25. The predicted molar refractivity (Wildman–Crippen MR) is 98.5 cm³/mol. The van der Waals surface area contributed by atoms with Gasteiger partial charge in [-0.15, -0.1) is 0 Å². The standard InChI is InChI=1S/C19H32O4S/c1-2-3-4-5-6-7-8-9-10-14-17-23-19(24(20,21)22)18-15-12-11-13-16-18/h11-13,15-16,19H,2-10,14,17H2,1H3,(H,20,21,22). The van der Waals surface area contributed by atoms with Crippen molar-refractivity contribution in [3.05, 3.63) is 35.9 Å². The largest absolute Gasteiger partial charge is 0.355 e. The maximum Gasteiger partial charge on any atom is 0.296 e. The van der Waals surface area contributed by atoms with Crippen molar-refractivity contribution in [2.45, 2.75) is 76.6 Å². The Morgan fingerprint density at radius 1 is 0.875 bits per heavy atom. The second-order valence-corrected chi connectivity index (χ2v) is 7.77. The van der Waals surface area contributed by atoms with E-state index >= 15 is 0 Å². The van der Waals surface area contributed by atoms with E-state index in [1.165, 1.54) is 44.9 Å². The summed E-state index contributed by atoms with van der Waals surface area (Å²) in [4.78, 5) is 0. The average Bonchev–Trinajstić information content (AvgIpc) is 2.55. The van der Waals surface area contributed by atoms with Gasteiger partial charge in [-0.2, -0.15) is 8.42 Å². The minimum Gasteiger partial charge on any atom is -0.355 e. The molecule has 0 aliphatic rings. The molecule has 0 radical (unpaired) electrons. The maximum absolute atomic E-state index is 11.5. The Kier molecular flexibility index (Phi) is 11.0. The molecular weight excluding hydrogens is 324 g/mol. The lowest BCUT2D eigenvalue weighted by Crippen LogP contribution is -2.16. The van der Waals surface area contributed by atoms with Gasteiger partial charge >= 0.3 is 0 Å². The molecule has 0 saturated heterocycles. The summed E-state index contributed by atoms with van der Waals surface area (Å²) in [6, 6.07) is 8.57. The Morgan fingerprint density at radius 2 is 1.38 bits per heavy atom. The summed E-state index contributed by atoms with van der Waals surface area (Å²) in [5.41, 5.74) is -0.815. The van der Waals surface area contributed by atoms with E-state index in [4.69, 9.17) is 4.74 Å². The fourth-order valence-corrected chi connectivity index (χ4v) is 3.51. The topological polar surface area (TPSA) is 63.6 Å². The Balaban J connectivity index is 2.14. The molecule has 0 aromatic heterocycles. The van der Waals surface area contributed by atoms with E-state index in [0.29, 0.717) is 12.2 Å². The van der Waals surface area contributed by atoms with Gasteiger partial charge in [0.25, 0.3) is 10.1 Å². The molecule has 1 aromatic carbocycles. The molecule has 1 aromatic rings. The van der Waals surface area contributed by atoms with Gasteiger partial charge in [0.1, 0.15) is 0 Å². The summed E-state index contributed by atoms with van der Waals surface area (Å²) in [5, 5.41) is 0. The molecule has 1 N–H and O–H groups in total. The smallest absolute Gasteiger partial charge is 0.296 e. The zero-order chi connectivity index (χ0) is 17.7. The lowest BCUT2D eigenvalue weighted by atomic mass is 10.1. The lowest BCUT2D eigenvalue weighted by Gasteiger charge is -2.15. The van der Waals surface area contributed by atoms with Crippen molar-refractivity contribution in [1.29, 1.82) is 0 Å². The Hall–Kier alpha value is -0.910. The van der Waals surface area contributed by atoms with Crippen molar-refractivity contribution in [2.24, 2.45) is 0 Å². The fourth-order valence-electron chi connectivity index (χ4n) is 2.74. The van der Waals surface area contributed by atoms with E-state index in [9.17, 15) is 13.0 Å². The van der Waals surface area contributed by atoms with Crippen LogP contribution in [0.1, 0.15) is 82.1 Å². The third-order valence-corrected chi connectivity index (χ3v) is 5.06. The molecule has 1 rings (SSSR count). The summed E-state index contributed by atoms with van der Waals surface area (Å²) in [6.45, 7) is 2.57. The number of ether oxygens (including phenoxy) is 1. The normalized spacial score (nSPS) is 13.1. The molecule has 0 aliphatic heterocycles. The van der Waals surface area contributed by atoms with E-state index < -0.39 is 15.6 Å². The van der Waals surface area contributed by atoms with Crippen LogP contribution in [-0.4, -0.2) is 19.6 Å². The molecule has 5 heteroatoms. The van der Waals surface area contributed by atoms with Crippen molar-refractivity contribution >= 4 is 10.1 Å². The highest BCUT2D eigenvalue weighted by Gasteiger charge is 2.25. The molecule has 1 atom stereocenters. The third kappa shape index (κ3) is 9.40. The highest BCUT2D eigenvalue weighted by Crippen LogP contribution is 2.23. The van der Waals surface area contributed by atoms with Crippen LogP contribution in [-0.2, 0) is 14.9 Å². The molecule has 1 unspecified atom stereocenters. The summed E-state index contributed by atoms with van der Waals surface area (Å²) >= 11 is 0. The summed E-state index contributed by atoms with van der Waals surface area (Å²) in [6.07, 6.45) is 12.1. The van der Waals surface area contributed by atoms with Gasteiger partial charge in [-0.3, -0.25) is 4.55 Å². The molecular formula is C19H32O4S. The van der Waals surface area contributed by atoms with Crippen molar-refractivity contribution in [3.63, 3.8) is 0 Å². The van der Waals surface area contributed by atoms with Crippen LogP contribution in [0.15, 0.2) is 30.3 Å². The third-order valence-electron chi connectivity index (χ3n) is 4.11. The predicted octanol–water partition coefficient (Wildman–Crippen LogP) is 5.51. The highest BCUT2D eigenvalue weighted by atomic mass is 32.2. The van der Waals surface area contributed by atoms with E-state index in [0.717, 1.165) is 19.3 Å². The quantitative estimate of drug-likeness (QED) is 0.352. The summed E-state index contributed by atoms with van der Waals surface area (Å²) < 4.78 is 37.7. The van der Waals surface area contributed by atoms with Crippen molar-refractivity contribution < 1.29 is 17.7 Å². The highest BCUT2D eigenvalue weighted by molar-refractivity contribution is 7.85. The zero-order valence-electron chi connectivity index (χ0n) is 14.8. The first kappa shape index (κ1) is 21.1. The van der Waals surface area contributed by atoms with Gasteiger partial charge in [-0.25, -0.2) is 0 Å². The average molecular weight is 357 g/mol. The molecule has 138 valence electrons. The van der Waals surface area contributed by atoms with Gasteiger partial charge in [-0.05, 0) is 12.0 Å². The molecule has 0 bridgehead atoms. The van der Waals surface area contributed by atoms with Crippen molar-refractivity contribution in [3.8, 4) is 0 Å². The number of rotatable bonds is 14.